The Balaban J connectivity index is 1.74. The molecule has 0 saturated heterocycles. The third kappa shape index (κ3) is 4.11. The van der Waals surface area contributed by atoms with Crippen LogP contribution in [0.3, 0.4) is 0 Å². The molecule has 0 spiro atoms. The van der Waals surface area contributed by atoms with Crippen molar-refractivity contribution in [3.8, 4) is 11.4 Å². The second-order valence-corrected chi connectivity index (χ2v) is 7.25. The molecule has 1 unspecified atom stereocenters. The van der Waals surface area contributed by atoms with E-state index in [9.17, 15) is 9.90 Å². The van der Waals surface area contributed by atoms with Gasteiger partial charge in [-0.15, -0.1) is 0 Å². The van der Waals surface area contributed by atoms with Crippen molar-refractivity contribution in [2.24, 2.45) is 5.92 Å². The van der Waals surface area contributed by atoms with E-state index in [0.717, 1.165) is 35.5 Å². The molecule has 4 rings (SSSR count). The molecule has 1 heterocycles. The molecule has 152 valence electrons. The van der Waals surface area contributed by atoms with Crippen LogP contribution in [0.4, 0.5) is 0 Å². The molecular weight excluding hydrogens is 376 g/mol. The third-order valence-electron chi connectivity index (χ3n) is 5.28. The van der Waals surface area contributed by atoms with Crippen LogP contribution < -0.4 is 4.74 Å². The van der Waals surface area contributed by atoms with Gasteiger partial charge in [0.25, 0.3) is 0 Å². The predicted molar refractivity (Wildman–Crippen MR) is 117 cm³/mol. The average Bonchev–Trinajstić information content (AvgIpc) is 3.25. The maximum absolute atomic E-state index is 13.0. The lowest BCUT2D eigenvalue weighted by Gasteiger charge is -2.16. The molecule has 1 aliphatic rings. The highest BCUT2D eigenvalue weighted by Gasteiger charge is 2.20. The molecule has 5 heteroatoms. The van der Waals surface area contributed by atoms with Crippen LogP contribution in [0.15, 0.2) is 78.9 Å². The van der Waals surface area contributed by atoms with Crippen LogP contribution in [-0.2, 0) is 0 Å². The van der Waals surface area contributed by atoms with Crippen molar-refractivity contribution in [3.63, 3.8) is 0 Å². The Hall–Kier alpha value is -3.44. The van der Waals surface area contributed by atoms with Crippen molar-refractivity contribution in [2.45, 2.75) is 12.8 Å². The molecule has 0 aliphatic heterocycles. The zero-order valence-corrected chi connectivity index (χ0v) is 16.9. The van der Waals surface area contributed by atoms with Crippen molar-refractivity contribution in [1.29, 1.82) is 0 Å². The summed E-state index contributed by atoms with van der Waals surface area (Å²) in [5.41, 5.74) is 3.74. The lowest BCUT2D eigenvalue weighted by molar-refractivity contribution is 0.103. The van der Waals surface area contributed by atoms with Gasteiger partial charge in [0.2, 0.25) is 5.78 Å². The monoisotopic (exact) mass is 400 g/mol. The lowest BCUT2D eigenvalue weighted by Crippen LogP contribution is -2.06. The van der Waals surface area contributed by atoms with E-state index in [0.29, 0.717) is 17.2 Å². The summed E-state index contributed by atoms with van der Waals surface area (Å²) in [6.07, 6.45) is 7.92. The second kappa shape index (κ2) is 8.93. The summed E-state index contributed by atoms with van der Waals surface area (Å²) in [7, 11) is 1.63. The molecule has 1 aromatic heterocycles. The Kier molecular flexibility index (Phi) is 5.91. The van der Waals surface area contributed by atoms with E-state index in [1.807, 2.05) is 48.5 Å². The quantitative estimate of drug-likeness (QED) is 0.595. The Morgan fingerprint density at radius 3 is 2.57 bits per heavy atom. The van der Waals surface area contributed by atoms with Gasteiger partial charge in [0.15, 0.2) is 0 Å². The number of carbonyl (C=O) groups excluding carboxylic acids is 1. The predicted octanol–water partition coefficient (Wildman–Crippen LogP) is 4.45. The summed E-state index contributed by atoms with van der Waals surface area (Å²) in [4.78, 5) is 13.0. The number of rotatable bonds is 7. The van der Waals surface area contributed by atoms with E-state index < -0.39 is 0 Å². The van der Waals surface area contributed by atoms with Crippen molar-refractivity contribution < 1.29 is 14.6 Å². The van der Waals surface area contributed by atoms with Gasteiger partial charge in [0, 0.05) is 12.2 Å². The minimum atomic E-state index is -0.109. The highest BCUT2D eigenvalue weighted by Crippen LogP contribution is 2.29. The average molecular weight is 400 g/mol. The van der Waals surface area contributed by atoms with Crippen molar-refractivity contribution in [3.05, 3.63) is 95.8 Å². The number of carbonyl (C=O) groups is 1. The highest BCUT2D eigenvalue weighted by atomic mass is 16.5. The number of aromatic nitrogens is 2. The number of aliphatic hydroxyl groups is 1. The number of hydrogen-bond donors (Lipinski definition) is 1. The first kappa shape index (κ1) is 19.9. The number of methoxy groups -OCH3 is 1. The zero-order chi connectivity index (χ0) is 20.9. The van der Waals surface area contributed by atoms with E-state index in [4.69, 9.17) is 4.74 Å². The molecule has 0 radical (unpaired) electrons. The van der Waals surface area contributed by atoms with E-state index >= 15 is 0 Å². The summed E-state index contributed by atoms with van der Waals surface area (Å²) in [6, 6.07) is 18.6. The molecule has 0 bridgehead atoms. The van der Waals surface area contributed by atoms with Gasteiger partial charge in [0.1, 0.15) is 11.4 Å². The van der Waals surface area contributed by atoms with Crippen LogP contribution in [0.1, 0.15) is 34.6 Å². The Morgan fingerprint density at radius 2 is 1.93 bits per heavy atom. The number of benzene rings is 2. The fourth-order valence-electron chi connectivity index (χ4n) is 3.59. The summed E-state index contributed by atoms with van der Waals surface area (Å²) >= 11 is 0. The van der Waals surface area contributed by atoms with Crippen molar-refractivity contribution >= 4 is 11.4 Å². The first-order valence-corrected chi connectivity index (χ1v) is 10.0. The number of ether oxygens (including phenoxy) is 1. The topological polar surface area (TPSA) is 64.4 Å². The van der Waals surface area contributed by atoms with Crippen LogP contribution in [0.2, 0.25) is 0 Å². The Labute approximate surface area is 175 Å². The number of ketones is 1. The van der Waals surface area contributed by atoms with Gasteiger partial charge >= 0.3 is 0 Å². The fourth-order valence-corrected chi connectivity index (χ4v) is 3.59. The zero-order valence-electron chi connectivity index (χ0n) is 16.9. The van der Waals surface area contributed by atoms with Gasteiger partial charge in [-0.25, -0.2) is 4.68 Å². The first-order valence-electron chi connectivity index (χ1n) is 10.0. The van der Waals surface area contributed by atoms with Gasteiger partial charge in [0.05, 0.1) is 18.5 Å². The van der Waals surface area contributed by atoms with E-state index in [1.165, 1.54) is 0 Å². The smallest absolute Gasteiger partial charge is 0.213 e. The third-order valence-corrected chi connectivity index (χ3v) is 5.28. The molecule has 0 saturated carbocycles. The molecular formula is C25H24N2O3. The summed E-state index contributed by atoms with van der Waals surface area (Å²) in [6.45, 7) is 0.178. The molecule has 1 N–H and O–H groups in total. The molecule has 1 aliphatic carbocycles. The molecule has 0 fully saturated rings. The van der Waals surface area contributed by atoms with Crippen LogP contribution >= 0.6 is 0 Å². The standard InChI is InChI=1S/C25H24N2O3/c1-30-22-13-11-21(12-14-22)27-24(19-9-7-18(8-10-19)15-16-28)17-23(26-27)25(29)20-5-3-2-4-6-20/h2-7,9-14,17-18,28H,8,15-16H2,1H3. The maximum atomic E-state index is 13.0. The normalized spacial score (nSPS) is 15.7. The molecule has 30 heavy (non-hydrogen) atoms. The molecule has 2 aromatic carbocycles. The van der Waals surface area contributed by atoms with Gasteiger partial charge in [-0.3, -0.25) is 4.79 Å². The molecule has 5 nitrogen and oxygen atoms in total. The first-order chi connectivity index (χ1) is 14.7. The van der Waals surface area contributed by atoms with Crippen LogP contribution in [0.5, 0.6) is 5.75 Å². The molecule has 0 amide bonds. The Bertz CT molecular complexity index is 1080. The molecule has 1 atom stereocenters. The van der Waals surface area contributed by atoms with E-state index in [1.54, 1.807) is 23.9 Å². The summed E-state index contributed by atoms with van der Waals surface area (Å²) < 4.78 is 7.06. The summed E-state index contributed by atoms with van der Waals surface area (Å²) in [5.74, 6) is 0.987. The van der Waals surface area contributed by atoms with E-state index in [-0.39, 0.29) is 12.4 Å². The van der Waals surface area contributed by atoms with Gasteiger partial charge < -0.3 is 9.84 Å². The minimum Gasteiger partial charge on any atom is -0.497 e. The van der Waals surface area contributed by atoms with Crippen LogP contribution in [-0.4, -0.2) is 34.4 Å². The van der Waals surface area contributed by atoms with Gasteiger partial charge in [-0.1, -0.05) is 48.6 Å². The largest absolute Gasteiger partial charge is 0.497 e. The van der Waals surface area contributed by atoms with Gasteiger partial charge in [-0.2, -0.15) is 5.10 Å². The Morgan fingerprint density at radius 1 is 1.17 bits per heavy atom. The number of nitrogens with zero attached hydrogens (tertiary/aromatic N) is 2. The molecule has 3 aromatic rings. The van der Waals surface area contributed by atoms with E-state index in [2.05, 4.69) is 23.3 Å². The number of aliphatic hydroxyl groups excluding tert-OH is 1. The lowest BCUT2D eigenvalue weighted by atomic mass is 9.93. The highest BCUT2D eigenvalue weighted by molar-refractivity contribution is 6.08. The minimum absolute atomic E-state index is 0.109. The number of allylic oxidation sites excluding steroid dienone is 4. The fraction of sp³-hybridized carbons (Fsp3) is 0.200. The SMILES string of the molecule is COc1ccc(-n2nc(C(=O)c3ccccc3)cc2C2=CCC(CCO)C=C2)cc1. The van der Waals surface area contributed by atoms with Gasteiger partial charge in [-0.05, 0) is 54.7 Å². The van der Waals surface area contributed by atoms with Crippen molar-refractivity contribution in [2.75, 3.05) is 13.7 Å². The second-order valence-electron chi connectivity index (χ2n) is 7.25. The summed E-state index contributed by atoms with van der Waals surface area (Å²) in [5, 5.41) is 13.8. The van der Waals surface area contributed by atoms with Crippen LogP contribution in [0.25, 0.3) is 11.3 Å². The maximum Gasteiger partial charge on any atom is 0.213 e. The number of hydrogen-bond acceptors (Lipinski definition) is 4. The van der Waals surface area contributed by atoms with Crippen molar-refractivity contribution in [1.82, 2.24) is 9.78 Å². The van der Waals surface area contributed by atoms with Crippen LogP contribution in [0, 0.1) is 5.92 Å².